The van der Waals surface area contributed by atoms with Crippen LogP contribution in [-0.2, 0) is 9.53 Å². The van der Waals surface area contributed by atoms with E-state index in [0.717, 1.165) is 45.9 Å². The van der Waals surface area contributed by atoms with Gasteiger partial charge in [-0.2, -0.15) is 0 Å². The van der Waals surface area contributed by atoms with E-state index >= 15 is 0 Å². The van der Waals surface area contributed by atoms with Crippen LogP contribution in [0.2, 0.25) is 0 Å². The Morgan fingerprint density at radius 3 is 2.43 bits per heavy atom. The van der Waals surface area contributed by atoms with Gasteiger partial charge in [-0.3, -0.25) is 9.69 Å². The molecule has 3 aliphatic rings. The summed E-state index contributed by atoms with van der Waals surface area (Å²) in [7, 11) is 0. The molecule has 0 aromatic carbocycles. The smallest absolute Gasteiger partial charge is 0.234 e. The molecule has 3 fully saturated rings. The first kappa shape index (κ1) is 17.2. The molecule has 1 amide bonds. The van der Waals surface area contributed by atoms with Gasteiger partial charge in [0.15, 0.2) is 0 Å². The third kappa shape index (κ3) is 5.73. The predicted octanol–water partition coefficient (Wildman–Crippen LogP) is 1.48. The minimum atomic E-state index is 0.213. The Morgan fingerprint density at radius 1 is 0.957 bits per heavy atom. The second kappa shape index (κ2) is 9.00. The van der Waals surface area contributed by atoms with Crippen molar-refractivity contribution in [2.24, 2.45) is 5.92 Å². The highest BCUT2D eigenvalue weighted by molar-refractivity contribution is 5.78. The average molecular weight is 323 g/mol. The molecule has 0 aromatic rings. The van der Waals surface area contributed by atoms with Crippen molar-refractivity contribution in [2.45, 2.75) is 51.0 Å². The molecule has 3 saturated heterocycles. The lowest BCUT2D eigenvalue weighted by molar-refractivity contribution is -0.122. The maximum Gasteiger partial charge on any atom is 0.234 e. The Kier molecular flexibility index (Phi) is 6.72. The molecule has 132 valence electrons. The number of hydrogen-bond donors (Lipinski definition) is 1. The Labute approximate surface area is 140 Å². The van der Waals surface area contributed by atoms with Gasteiger partial charge in [0.2, 0.25) is 5.91 Å². The van der Waals surface area contributed by atoms with Gasteiger partial charge in [-0.25, -0.2) is 0 Å². The van der Waals surface area contributed by atoms with Crippen LogP contribution in [0.25, 0.3) is 0 Å². The van der Waals surface area contributed by atoms with Gasteiger partial charge in [0.05, 0.1) is 12.6 Å². The van der Waals surface area contributed by atoms with E-state index < -0.39 is 0 Å². The van der Waals surface area contributed by atoms with Gasteiger partial charge in [-0.1, -0.05) is 0 Å². The van der Waals surface area contributed by atoms with Crippen LogP contribution in [0.1, 0.15) is 44.9 Å². The molecule has 5 nitrogen and oxygen atoms in total. The fraction of sp³-hybridized carbons (Fsp3) is 0.944. The minimum Gasteiger partial charge on any atom is -0.377 e. The maximum absolute atomic E-state index is 12.0. The lowest BCUT2D eigenvalue weighted by Gasteiger charge is -2.35. The number of piperidine rings is 1. The van der Waals surface area contributed by atoms with Crippen molar-refractivity contribution in [3.05, 3.63) is 0 Å². The van der Waals surface area contributed by atoms with E-state index in [1.807, 2.05) is 0 Å². The second-order valence-corrected chi connectivity index (χ2v) is 7.52. The molecule has 1 unspecified atom stereocenters. The molecule has 0 radical (unpaired) electrons. The van der Waals surface area contributed by atoms with Gasteiger partial charge in [0.1, 0.15) is 0 Å². The highest BCUT2D eigenvalue weighted by atomic mass is 16.5. The molecule has 3 aliphatic heterocycles. The zero-order chi connectivity index (χ0) is 15.9. The van der Waals surface area contributed by atoms with E-state index in [2.05, 4.69) is 15.1 Å². The van der Waals surface area contributed by atoms with E-state index in [4.69, 9.17) is 4.74 Å². The summed E-state index contributed by atoms with van der Waals surface area (Å²) in [6.07, 6.45) is 9.15. The van der Waals surface area contributed by atoms with E-state index in [-0.39, 0.29) is 5.91 Å². The molecule has 0 spiro atoms. The first-order chi connectivity index (χ1) is 11.3. The van der Waals surface area contributed by atoms with Crippen molar-refractivity contribution in [2.75, 3.05) is 52.4 Å². The van der Waals surface area contributed by atoms with E-state index in [9.17, 15) is 4.79 Å². The number of hydrogen-bond acceptors (Lipinski definition) is 4. The number of carbonyl (C=O) groups is 1. The van der Waals surface area contributed by atoms with Gasteiger partial charge < -0.3 is 15.0 Å². The average Bonchev–Trinajstić information content (AvgIpc) is 3.08. The van der Waals surface area contributed by atoms with E-state index in [1.54, 1.807) is 0 Å². The lowest BCUT2D eigenvalue weighted by Crippen LogP contribution is -2.44. The molecule has 3 rings (SSSR count). The second-order valence-electron chi connectivity index (χ2n) is 7.52. The zero-order valence-corrected chi connectivity index (χ0v) is 14.5. The van der Waals surface area contributed by atoms with Crippen molar-refractivity contribution >= 4 is 5.91 Å². The minimum absolute atomic E-state index is 0.213. The molecule has 23 heavy (non-hydrogen) atoms. The summed E-state index contributed by atoms with van der Waals surface area (Å²) in [5.74, 6) is 0.867. The first-order valence-electron chi connectivity index (χ1n) is 9.62. The summed E-state index contributed by atoms with van der Waals surface area (Å²) in [5, 5.41) is 3.15. The van der Waals surface area contributed by atoms with Crippen LogP contribution in [0.4, 0.5) is 0 Å². The topological polar surface area (TPSA) is 44.8 Å². The molecular weight excluding hydrogens is 290 g/mol. The van der Waals surface area contributed by atoms with Gasteiger partial charge >= 0.3 is 0 Å². The van der Waals surface area contributed by atoms with Crippen LogP contribution >= 0.6 is 0 Å². The largest absolute Gasteiger partial charge is 0.377 e. The Balaban J connectivity index is 1.27. The van der Waals surface area contributed by atoms with Gasteiger partial charge in [-0.15, -0.1) is 0 Å². The molecule has 1 atom stereocenters. The van der Waals surface area contributed by atoms with E-state index in [1.165, 1.54) is 44.9 Å². The van der Waals surface area contributed by atoms with Crippen LogP contribution in [-0.4, -0.2) is 74.2 Å². The third-order valence-electron chi connectivity index (χ3n) is 5.60. The summed E-state index contributed by atoms with van der Waals surface area (Å²) in [6.45, 7) is 8.01. The van der Waals surface area contributed by atoms with Crippen molar-refractivity contribution in [3.8, 4) is 0 Å². The SMILES string of the molecule is O=C(CN1CCCC1)NCC1CCN(CC2CCCCO2)CC1. The molecule has 0 aliphatic carbocycles. The number of ether oxygens (including phenoxy) is 1. The monoisotopic (exact) mass is 323 g/mol. The third-order valence-corrected chi connectivity index (χ3v) is 5.60. The molecule has 0 bridgehead atoms. The summed E-state index contributed by atoms with van der Waals surface area (Å²) in [4.78, 5) is 16.8. The van der Waals surface area contributed by atoms with E-state index in [0.29, 0.717) is 18.6 Å². The summed E-state index contributed by atoms with van der Waals surface area (Å²) >= 11 is 0. The number of carbonyl (C=O) groups excluding carboxylic acids is 1. The van der Waals surface area contributed by atoms with Crippen molar-refractivity contribution in [1.29, 1.82) is 0 Å². The number of rotatable bonds is 6. The number of nitrogens with one attached hydrogen (secondary N) is 1. The first-order valence-corrected chi connectivity index (χ1v) is 9.62. The number of nitrogens with zero attached hydrogens (tertiary/aromatic N) is 2. The number of amides is 1. The maximum atomic E-state index is 12.0. The molecule has 0 saturated carbocycles. The molecule has 0 aromatic heterocycles. The normalized spacial score (nSPS) is 28.1. The lowest BCUT2D eigenvalue weighted by atomic mass is 9.96. The highest BCUT2D eigenvalue weighted by Gasteiger charge is 2.23. The molecule has 1 N–H and O–H groups in total. The van der Waals surface area contributed by atoms with Crippen molar-refractivity contribution in [3.63, 3.8) is 0 Å². The Hall–Kier alpha value is -0.650. The quantitative estimate of drug-likeness (QED) is 0.804. The molecule has 3 heterocycles. The summed E-state index contributed by atoms with van der Waals surface area (Å²) in [6, 6.07) is 0. The number of likely N-dealkylation sites (tertiary alicyclic amines) is 2. The van der Waals surface area contributed by atoms with Crippen LogP contribution in [0.5, 0.6) is 0 Å². The van der Waals surface area contributed by atoms with Crippen LogP contribution in [0, 0.1) is 5.92 Å². The fourth-order valence-corrected chi connectivity index (χ4v) is 4.07. The zero-order valence-electron chi connectivity index (χ0n) is 14.5. The van der Waals surface area contributed by atoms with Crippen LogP contribution in [0.15, 0.2) is 0 Å². The van der Waals surface area contributed by atoms with Crippen molar-refractivity contribution in [1.82, 2.24) is 15.1 Å². The van der Waals surface area contributed by atoms with Gasteiger partial charge in [0.25, 0.3) is 0 Å². The fourth-order valence-electron chi connectivity index (χ4n) is 4.07. The van der Waals surface area contributed by atoms with Crippen LogP contribution in [0.3, 0.4) is 0 Å². The highest BCUT2D eigenvalue weighted by Crippen LogP contribution is 2.19. The predicted molar refractivity (Wildman–Crippen MR) is 91.4 cm³/mol. The van der Waals surface area contributed by atoms with Gasteiger partial charge in [0, 0.05) is 19.7 Å². The standard InChI is InChI=1S/C18H33N3O2/c22-18(15-20-8-2-3-9-20)19-13-16-6-10-21(11-7-16)14-17-5-1-4-12-23-17/h16-17H,1-15H2,(H,19,22). The Morgan fingerprint density at radius 2 is 1.74 bits per heavy atom. The molecular formula is C18H33N3O2. The summed E-state index contributed by atoms with van der Waals surface area (Å²) < 4.78 is 5.85. The van der Waals surface area contributed by atoms with Gasteiger partial charge in [-0.05, 0) is 77.0 Å². The molecule has 5 heteroatoms. The summed E-state index contributed by atoms with van der Waals surface area (Å²) in [5.41, 5.74) is 0. The Bertz CT molecular complexity index is 357. The van der Waals surface area contributed by atoms with Crippen molar-refractivity contribution < 1.29 is 9.53 Å². The van der Waals surface area contributed by atoms with Crippen LogP contribution < -0.4 is 5.32 Å².